The lowest BCUT2D eigenvalue weighted by atomic mass is 10.1. The molecule has 0 aliphatic heterocycles. The minimum Gasteiger partial charge on any atom is -0.347 e. The van der Waals surface area contributed by atoms with Crippen LogP contribution in [0.25, 0.3) is 0 Å². The number of para-hydroxylation sites is 1. The Balaban J connectivity index is 1.93. The van der Waals surface area contributed by atoms with Crippen molar-refractivity contribution in [2.45, 2.75) is 32.7 Å². The molecule has 6 heteroatoms. The van der Waals surface area contributed by atoms with Gasteiger partial charge in [-0.25, -0.2) is 4.79 Å². The Kier molecular flexibility index (Phi) is 6.11. The number of pyridine rings is 1. The van der Waals surface area contributed by atoms with Crippen LogP contribution >= 0.6 is 0 Å². The lowest BCUT2D eigenvalue weighted by Gasteiger charge is -2.21. The number of carbonyl (C=O) groups excluding carboxylic acids is 2. The van der Waals surface area contributed by atoms with E-state index in [0.29, 0.717) is 24.2 Å². The molecule has 2 aromatic rings. The van der Waals surface area contributed by atoms with Gasteiger partial charge in [0.15, 0.2) is 0 Å². The summed E-state index contributed by atoms with van der Waals surface area (Å²) in [5.74, 6) is -0.223. The maximum absolute atomic E-state index is 12.4. The van der Waals surface area contributed by atoms with Crippen LogP contribution in [0.4, 0.5) is 10.5 Å². The SMILES string of the molecule is CC(C)(C)NC(=O)c1ccccc1NC(=O)NCCc1cccnc1. The zero-order chi connectivity index (χ0) is 18.3. The first-order valence-electron chi connectivity index (χ1n) is 8.20. The summed E-state index contributed by atoms with van der Waals surface area (Å²) < 4.78 is 0. The second kappa shape index (κ2) is 8.28. The fraction of sp³-hybridized carbons (Fsp3) is 0.316. The number of benzene rings is 1. The van der Waals surface area contributed by atoms with E-state index in [9.17, 15) is 9.59 Å². The predicted molar refractivity (Wildman–Crippen MR) is 98.6 cm³/mol. The van der Waals surface area contributed by atoms with Gasteiger partial charge in [-0.05, 0) is 51.0 Å². The van der Waals surface area contributed by atoms with Gasteiger partial charge in [-0.1, -0.05) is 18.2 Å². The first kappa shape index (κ1) is 18.4. The lowest BCUT2D eigenvalue weighted by Crippen LogP contribution is -2.41. The van der Waals surface area contributed by atoms with Crippen molar-refractivity contribution in [1.82, 2.24) is 15.6 Å². The zero-order valence-corrected chi connectivity index (χ0v) is 14.8. The Bertz CT molecular complexity index is 724. The summed E-state index contributed by atoms with van der Waals surface area (Å²) in [7, 11) is 0. The second-order valence-corrected chi connectivity index (χ2v) is 6.74. The molecule has 25 heavy (non-hydrogen) atoms. The Hall–Kier alpha value is -2.89. The summed E-state index contributed by atoms with van der Waals surface area (Å²) in [4.78, 5) is 28.5. The number of anilines is 1. The standard InChI is InChI=1S/C19H24N4O2/c1-19(2,3)23-17(24)15-8-4-5-9-16(15)22-18(25)21-12-10-14-7-6-11-20-13-14/h4-9,11,13H,10,12H2,1-3H3,(H,23,24)(H2,21,22,25). The fourth-order valence-corrected chi connectivity index (χ4v) is 2.23. The molecule has 0 spiro atoms. The quantitative estimate of drug-likeness (QED) is 0.782. The number of hydrogen-bond acceptors (Lipinski definition) is 3. The van der Waals surface area contributed by atoms with Crippen LogP contribution in [0.15, 0.2) is 48.8 Å². The largest absolute Gasteiger partial charge is 0.347 e. The number of carbonyl (C=O) groups is 2. The average molecular weight is 340 g/mol. The number of nitrogens with one attached hydrogen (secondary N) is 3. The summed E-state index contributed by atoms with van der Waals surface area (Å²) in [6, 6.07) is 10.4. The molecule has 1 aromatic carbocycles. The molecule has 0 atom stereocenters. The number of rotatable bonds is 5. The number of urea groups is 1. The Morgan fingerprint density at radius 3 is 2.52 bits per heavy atom. The van der Waals surface area contributed by atoms with Crippen LogP contribution in [-0.4, -0.2) is 29.0 Å². The number of hydrogen-bond donors (Lipinski definition) is 3. The highest BCUT2D eigenvalue weighted by Crippen LogP contribution is 2.16. The van der Waals surface area contributed by atoms with Gasteiger partial charge in [-0.3, -0.25) is 9.78 Å². The number of nitrogens with zero attached hydrogens (tertiary/aromatic N) is 1. The van der Waals surface area contributed by atoms with Gasteiger partial charge in [0.2, 0.25) is 0 Å². The maximum atomic E-state index is 12.4. The molecule has 2 rings (SSSR count). The first-order valence-corrected chi connectivity index (χ1v) is 8.20. The molecular weight excluding hydrogens is 316 g/mol. The van der Waals surface area contributed by atoms with Crippen LogP contribution in [0, 0.1) is 0 Å². The summed E-state index contributed by atoms with van der Waals surface area (Å²) in [5.41, 5.74) is 1.60. The van der Waals surface area contributed by atoms with Crippen LogP contribution in [-0.2, 0) is 6.42 Å². The van der Waals surface area contributed by atoms with Gasteiger partial charge in [0.05, 0.1) is 11.3 Å². The summed E-state index contributed by atoms with van der Waals surface area (Å²) in [6.07, 6.45) is 4.17. The van der Waals surface area contributed by atoms with Crippen molar-refractivity contribution < 1.29 is 9.59 Å². The van der Waals surface area contributed by atoms with E-state index in [1.165, 1.54) is 0 Å². The molecule has 3 N–H and O–H groups in total. The van der Waals surface area contributed by atoms with Crippen molar-refractivity contribution in [3.63, 3.8) is 0 Å². The molecule has 1 aromatic heterocycles. The second-order valence-electron chi connectivity index (χ2n) is 6.74. The van der Waals surface area contributed by atoms with E-state index in [1.807, 2.05) is 32.9 Å². The average Bonchev–Trinajstić information content (AvgIpc) is 2.54. The van der Waals surface area contributed by atoms with Crippen molar-refractivity contribution in [1.29, 1.82) is 0 Å². The third-order valence-electron chi connectivity index (χ3n) is 3.33. The molecule has 0 bridgehead atoms. The summed E-state index contributed by atoms with van der Waals surface area (Å²) in [5, 5.41) is 8.42. The molecule has 3 amide bonds. The van der Waals surface area contributed by atoms with E-state index in [4.69, 9.17) is 0 Å². The van der Waals surface area contributed by atoms with Gasteiger partial charge in [0.1, 0.15) is 0 Å². The maximum Gasteiger partial charge on any atom is 0.319 e. The molecule has 0 aliphatic rings. The van der Waals surface area contributed by atoms with Crippen LogP contribution in [0.5, 0.6) is 0 Å². The Morgan fingerprint density at radius 2 is 1.84 bits per heavy atom. The molecule has 0 fully saturated rings. The van der Waals surface area contributed by atoms with Gasteiger partial charge in [-0.2, -0.15) is 0 Å². The molecule has 0 saturated heterocycles. The van der Waals surface area contributed by atoms with E-state index < -0.39 is 0 Å². The summed E-state index contributed by atoms with van der Waals surface area (Å²) in [6.45, 7) is 6.21. The molecule has 132 valence electrons. The lowest BCUT2D eigenvalue weighted by molar-refractivity contribution is 0.0920. The minimum absolute atomic E-state index is 0.223. The highest BCUT2D eigenvalue weighted by atomic mass is 16.2. The van der Waals surface area contributed by atoms with E-state index in [2.05, 4.69) is 20.9 Å². The van der Waals surface area contributed by atoms with E-state index >= 15 is 0 Å². The van der Waals surface area contributed by atoms with Crippen LogP contribution in [0.2, 0.25) is 0 Å². The third kappa shape index (κ3) is 6.25. The van der Waals surface area contributed by atoms with Gasteiger partial charge >= 0.3 is 6.03 Å². The number of amides is 3. The molecule has 0 unspecified atom stereocenters. The Morgan fingerprint density at radius 1 is 1.08 bits per heavy atom. The van der Waals surface area contributed by atoms with Crippen LogP contribution < -0.4 is 16.0 Å². The number of aromatic nitrogens is 1. The topological polar surface area (TPSA) is 83.1 Å². The molecule has 0 saturated carbocycles. The van der Waals surface area contributed by atoms with Crippen molar-refractivity contribution >= 4 is 17.6 Å². The fourth-order valence-electron chi connectivity index (χ4n) is 2.23. The highest BCUT2D eigenvalue weighted by molar-refractivity contribution is 6.03. The predicted octanol–water partition coefficient (Wildman–Crippen LogP) is 2.97. The van der Waals surface area contributed by atoms with Crippen LogP contribution in [0.1, 0.15) is 36.7 Å². The monoisotopic (exact) mass is 340 g/mol. The molecule has 0 radical (unpaired) electrons. The van der Waals surface area contributed by atoms with Crippen LogP contribution in [0.3, 0.4) is 0 Å². The molecule has 0 aliphatic carbocycles. The first-order chi connectivity index (χ1) is 11.8. The van der Waals surface area contributed by atoms with E-state index in [0.717, 1.165) is 5.56 Å². The van der Waals surface area contributed by atoms with Crippen molar-refractivity contribution in [2.75, 3.05) is 11.9 Å². The highest BCUT2D eigenvalue weighted by Gasteiger charge is 2.18. The van der Waals surface area contributed by atoms with Crippen molar-refractivity contribution in [2.24, 2.45) is 0 Å². The van der Waals surface area contributed by atoms with Gasteiger partial charge < -0.3 is 16.0 Å². The summed E-state index contributed by atoms with van der Waals surface area (Å²) >= 11 is 0. The molecule has 6 nitrogen and oxygen atoms in total. The normalized spacial score (nSPS) is 10.8. The smallest absolute Gasteiger partial charge is 0.319 e. The van der Waals surface area contributed by atoms with Gasteiger partial charge in [-0.15, -0.1) is 0 Å². The Labute approximate surface area is 148 Å². The third-order valence-corrected chi connectivity index (χ3v) is 3.33. The van der Waals surface area contributed by atoms with Gasteiger partial charge in [0, 0.05) is 24.5 Å². The molecule has 1 heterocycles. The van der Waals surface area contributed by atoms with Gasteiger partial charge in [0.25, 0.3) is 5.91 Å². The zero-order valence-electron chi connectivity index (χ0n) is 14.8. The van der Waals surface area contributed by atoms with Crippen molar-refractivity contribution in [3.8, 4) is 0 Å². The molecular formula is C19H24N4O2. The van der Waals surface area contributed by atoms with Crippen molar-refractivity contribution in [3.05, 3.63) is 59.9 Å². The van der Waals surface area contributed by atoms with E-state index in [1.54, 1.807) is 36.7 Å². The van der Waals surface area contributed by atoms with E-state index in [-0.39, 0.29) is 17.5 Å². The minimum atomic E-state index is -0.351.